The van der Waals surface area contributed by atoms with Gasteiger partial charge in [-0.3, -0.25) is 0 Å². The maximum Gasteiger partial charge on any atom is 0.0751 e. The molecular formula is C12H19ClO. The van der Waals surface area contributed by atoms with Crippen molar-refractivity contribution < 1.29 is 4.74 Å². The molecule has 80 valence electrons. The zero-order chi connectivity index (χ0) is 9.92. The molecule has 0 amide bonds. The first-order valence-electron chi connectivity index (χ1n) is 5.92. The second-order valence-corrected chi connectivity index (χ2v) is 6.33. The molecule has 5 atom stereocenters. The summed E-state index contributed by atoms with van der Waals surface area (Å²) in [6.45, 7) is 4.60. The van der Waals surface area contributed by atoms with Crippen LogP contribution < -0.4 is 0 Å². The lowest BCUT2D eigenvalue weighted by Crippen LogP contribution is -2.61. The van der Waals surface area contributed by atoms with Gasteiger partial charge in [-0.05, 0) is 43.4 Å². The van der Waals surface area contributed by atoms with Gasteiger partial charge < -0.3 is 4.74 Å². The van der Waals surface area contributed by atoms with Crippen molar-refractivity contribution in [3.05, 3.63) is 0 Å². The molecule has 14 heavy (non-hydrogen) atoms. The Labute approximate surface area is 91.2 Å². The van der Waals surface area contributed by atoms with Gasteiger partial charge in [0.25, 0.3) is 0 Å². The van der Waals surface area contributed by atoms with Gasteiger partial charge in [-0.1, -0.05) is 13.8 Å². The largest absolute Gasteiger partial charge is 0.370 e. The van der Waals surface area contributed by atoms with Gasteiger partial charge in [0.15, 0.2) is 0 Å². The Morgan fingerprint density at radius 2 is 2.07 bits per heavy atom. The van der Waals surface area contributed by atoms with Crippen molar-refractivity contribution in [3.8, 4) is 0 Å². The summed E-state index contributed by atoms with van der Waals surface area (Å²) >= 11 is 6.41. The van der Waals surface area contributed by atoms with Crippen molar-refractivity contribution >= 4 is 11.6 Å². The zero-order valence-corrected chi connectivity index (χ0v) is 9.76. The van der Waals surface area contributed by atoms with Crippen LogP contribution in [-0.4, -0.2) is 17.1 Å². The summed E-state index contributed by atoms with van der Waals surface area (Å²) in [6.07, 6.45) is 5.46. The maximum atomic E-state index is 6.41. The second kappa shape index (κ2) is 2.89. The molecule has 0 radical (unpaired) electrons. The standard InChI is InChI=1S/C12H19ClO/c1-7(2)12-5-8-3-9(6-12)11(13)10(4-8)14-12/h7-11H,3-6H2,1-2H3/t8-,9-,10-,11-,12+/m0/s1. The number of hydrogen-bond acceptors (Lipinski definition) is 1. The van der Waals surface area contributed by atoms with Crippen LogP contribution in [0.4, 0.5) is 0 Å². The van der Waals surface area contributed by atoms with Crippen molar-refractivity contribution in [2.45, 2.75) is 56.6 Å². The van der Waals surface area contributed by atoms with E-state index in [0.717, 1.165) is 11.8 Å². The summed E-state index contributed by atoms with van der Waals surface area (Å²) in [5, 5.41) is 0.304. The molecule has 0 N–H and O–H groups in total. The minimum atomic E-state index is 0.196. The highest BCUT2D eigenvalue weighted by molar-refractivity contribution is 6.21. The molecule has 0 spiro atoms. The Morgan fingerprint density at radius 1 is 1.29 bits per heavy atom. The molecule has 0 aromatic carbocycles. The maximum absolute atomic E-state index is 6.41. The molecular weight excluding hydrogens is 196 g/mol. The minimum Gasteiger partial charge on any atom is -0.370 e. The molecule has 1 nitrogen and oxygen atoms in total. The first-order valence-corrected chi connectivity index (χ1v) is 6.36. The van der Waals surface area contributed by atoms with Crippen LogP contribution in [0.15, 0.2) is 0 Å². The third kappa shape index (κ3) is 1.12. The van der Waals surface area contributed by atoms with Gasteiger partial charge in [0.05, 0.1) is 17.1 Å². The summed E-state index contributed by atoms with van der Waals surface area (Å²) in [5.41, 5.74) is 0.196. The molecule has 2 heteroatoms. The molecule has 4 bridgehead atoms. The minimum absolute atomic E-state index is 0.196. The van der Waals surface area contributed by atoms with E-state index in [9.17, 15) is 0 Å². The van der Waals surface area contributed by atoms with E-state index in [2.05, 4.69) is 13.8 Å². The molecule has 2 saturated heterocycles. The first kappa shape index (κ1) is 9.47. The molecule has 0 aromatic heterocycles. The van der Waals surface area contributed by atoms with Crippen molar-refractivity contribution in [2.75, 3.05) is 0 Å². The Kier molecular flexibility index (Phi) is 1.95. The van der Waals surface area contributed by atoms with Crippen molar-refractivity contribution in [1.82, 2.24) is 0 Å². The van der Waals surface area contributed by atoms with E-state index in [0.29, 0.717) is 17.4 Å². The molecule has 4 rings (SSSR count). The average Bonchev–Trinajstić information content (AvgIpc) is 2.12. The van der Waals surface area contributed by atoms with Crippen LogP contribution in [0.2, 0.25) is 0 Å². The Bertz CT molecular complexity index is 235. The predicted octanol–water partition coefficient (Wildman–Crippen LogP) is 3.21. The molecule has 2 saturated carbocycles. The van der Waals surface area contributed by atoms with Crippen LogP contribution in [0.25, 0.3) is 0 Å². The number of rotatable bonds is 1. The van der Waals surface area contributed by atoms with Crippen LogP contribution in [0.3, 0.4) is 0 Å². The smallest absolute Gasteiger partial charge is 0.0751 e. The normalized spacial score (nSPS) is 55.7. The number of hydrogen-bond donors (Lipinski definition) is 0. The summed E-state index contributed by atoms with van der Waals surface area (Å²) < 4.78 is 6.25. The van der Waals surface area contributed by atoms with E-state index >= 15 is 0 Å². The van der Waals surface area contributed by atoms with Crippen molar-refractivity contribution in [1.29, 1.82) is 0 Å². The van der Waals surface area contributed by atoms with Gasteiger partial charge in [0.2, 0.25) is 0 Å². The van der Waals surface area contributed by atoms with Crippen molar-refractivity contribution in [2.24, 2.45) is 17.8 Å². The predicted molar refractivity (Wildman–Crippen MR) is 57.5 cm³/mol. The van der Waals surface area contributed by atoms with Gasteiger partial charge in [0.1, 0.15) is 0 Å². The van der Waals surface area contributed by atoms with E-state index in [1.165, 1.54) is 25.7 Å². The van der Waals surface area contributed by atoms with Gasteiger partial charge in [0, 0.05) is 0 Å². The quantitative estimate of drug-likeness (QED) is 0.610. The Balaban J connectivity index is 1.92. The lowest BCUT2D eigenvalue weighted by atomic mass is 9.59. The molecule has 2 aliphatic heterocycles. The molecule has 2 heterocycles. The van der Waals surface area contributed by atoms with E-state index in [-0.39, 0.29) is 5.60 Å². The monoisotopic (exact) mass is 214 g/mol. The first-order chi connectivity index (χ1) is 6.61. The van der Waals surface area contributed by atoms with Crippen LogP contribution in [0.1, 0.15) is 39.5 Å². The zero-order valence-electron chi connectivity index (χ0n) is 9.00. The fourth-order valence-electron chi connectivity index (χ4n) is 3.91. The second-order valence-electron chi connectivity index (χ2n) is 5.83. The summed E-state index contributed by atoms with van der Waals surface area (Å²) in [6, 6.07) is 0. The third-order valence-corrected chi connectivity index (χ3v) is 5.32. The number of alkyl halides is 1. The summed E-state index contributed by atoms with van der Waals surface area (Å²) in [5.74, 6) is 2.30. The summed E-state index contributed by atoms with van der Waals surface area (Å²) in [4.78, 5) is 0. The van der Waals surface area contributed by atoms with Gasteiger partial charge in [-0.15, -0.1) is 11.6 Å². The van der Waals surface area contributed by atoms with Gasteiger partial charge >= 0.3 is 0 Å². The molecule has 4 aliphatic rings. The van der Waals surface area contributed by atoms with E-state index < -0.39 is 0 Å². The fraction of sp³-hybridized carbons (Fsp3) is 1.00. The number of halogens is 1. The highest BCUT2D eigenvalue weighted by Gasteiger charge is 2.56. The lowest BCUT2D eigenvalue weighted by molar-refractivity contribution is -0.235. The Hall–Kier alpha value is 0.250. The molecule has 2 aliphatic carbocycles. The summed E-state index contributed by atoms with van der Waals surface area (Å²) in [7, 11) is 0. The fourth-order valence-corrected chi connectivity index (χ4v) is 4.26. The Morgan fingerprint density at radius 3 is 2.71 bits per heavy atom. The SMILES string of the molecule is CC(C)[C@@]12C[C@H]3C[C@@H](C1)[C@H](Cl)[C@H](C3)O2. The van der Waals surface area contributed by atoms with E-state index in [1.54, 1.807) is 0 Å². The van der Waals surface area contributed by atoms with Crippen LogP contribution >= 0.6 is 11.6 Å². The highest BCUT2D eigenvalue weighted by Crippen LogP contribution is 2.56. The van der Waals surface area contributed by atoms with E-state index in [1.807, 2.05) is 0 Å². The molecule has 0 unspecified atom stereocenters. The average molecular weight is 215 g/mol. The van der Waals surface area contributed by atoms with Gasteiger partial charge in [-0.2, -0.15) is 0 Å². The highest BCUT2D eigenvalue weighted by atomic mass is 35.5. The topological polar surface area (TPSA) is 9.23 Å². The van der Waals surface area contributed by atoms with Crippen molar-refractivity contribution in [3.63, 3.8) is 0 Å². The van der Waals surface area contributed by atoms with Crippen LogP contribution in [0, 0.1) is 17.8 Å². The van der Waals surface area contributed by atoms with E-state index in [4.69, 9.17) is 16.3 Å². The molecule has 4 fully saturated rings. The van der Waals surface area contributed by atoms with Crippen LogP contribution in [0.5, 0.6) is 0 Å². The van der Waals surface area contributed by atoms with Gasteiger partial charge in [-0.25, -0.2) is 0 Å². The van der Waals surface area contributed by atoms with Crippen LogP contribution in [-0.2, 0) is 4.74 Å². The number of ether oxygens (including phenoxy) is 1. The lowest BCUT2D eigenvalue weighted by Gasteiger charge is -2.60. The molecule has 0 aromatic rings. The third-order valence-electron chi connectivity index (χ3n) is 4.69.